The molecular weight excluding hydrogens is 348 g/mol. The van der Waals surface area contributed by atoms with E-state index in [-0.39, 0.29) is 5.91 Å². The summed E-state index contributed by atoms with van der Waals surface area (Å²) in [4.78, 5) is 18.7. The third-order valence-electron chi connectivity index (χ3n) is 4.30. The molecule has 1 aliphatic heterocycles. The summed E-state index contributed by atoms with van der Waals surface area (Å²) in [7, 11) is 0. The Kier molecular flexibility index (Phi) is 4.46. The van der Waals surface area contributed by atoms with Crippen LogP contribution in [0, 0.1) is 0 Å². The minimum Gasteiger partial charge on any atom is -0.364 e. The Morgan fingerprint density at radius 2 is 1.85 bits per heavy atom. The minimum absolute atomic E-state index is 0.164. The molecule has 6 heteroatoms. The number of imidazole rings is 1. The average molecular weight is 365 g/mol. The molecule has 26 heavy (non-hydrogen) atoms. The Morgan fingerprint density at radius 1 is 1.08 bits per heavy atom. The van der Waals surface area contributed by atoms with Gasteiger partial charge in [0, 0.05) is 42.4 Å². The van der Waals surface area contributed by atoms with Gasteiger partial charge in [0.05, 0.1) is 17.0 Å². The van der Waals surface area contributed by atoms with Gasteiger partial charge >= 0.3 is 0 Å². The smallest absolute Gasteiger partial charge is 0.255 e. The fraction of sp³-hybridized carbons (Fsp3) is 0.100. The molecule has 1 aliphatic rings. The lowest BCUT2D eigenvalue weighted by atomic mass is 10.1. The fourth-order valence-electron chi connectivity index (χ4n) is 2.91. The molecule has 1 N–H and O–H groups in total. The summed E-state index contributed by atoms with van der Waals surface area (Å²) in [5.74, 6) is -0.164. The van der Waals surface area contributed by atoms with Gasteiger partial charge in [-0.1, -0.05) is 23.8 Å². The maximum absolute atomic E-state index is 12.5. The molecule has 0 atom stereocenters. The molecule has 4 rings (SSSR count). The first kappa shape index (κ1) is 16.4. The summed E-state index contributed by atoms with van der Waals surface area (Å²) in [6.07, 6.45) is 9.46. The first-order valence-corrected chi connectivity index (χ1v) is 8.68. The number of amides is 1. The number of carbonyl (C=O) groups is 1. The Bertz CT molecular complexity index is 940. The van der Waals surface area contributed by atoms with Crippen LogP contribution in [0.2, 0.25) is 5.02 Å². The molecule has 0 radical (unpaired) electrons. The minimum atomic E-state index is -0.164. The van der Waals surface area contributed by atoms with E-state index < -0.39 is 0 Å². The van der Waals surface area contributed by atoms with Gasteiger partial charge in [0.2, 0.25) is 0 Å². The van der Waals surface area contributed by atoms with E-state index in [2.05, 4.69) is 27.4 Å². The van der Waals surface area contributed by atoms with E-state index in [1.165, 1.54) is 0 Å². The van der Waals surface area contributed by atoms with Crippen molar-refractivity contribution >= 4 is 28.9 Å². The molecule has 130 valence electrons. The molecule has 0 fully saturated rings. The maximum atomic E-state index is 12.5. The molecule has 0 aliphatic carbocycles. The van der Waals surface area contributed by atoms with E-state index >= 15 is 0 Å². The highest BCUT2D eigenvalue weighted by Gasteiger charge is 2.11. The fourth-order valence-corrected chi connectivity index (χ4v) is 3.19. The summed E-state index contributed by atoms with van der Waals surface area (Å²) >= 11 is 6.33. The molecule has 0 saturated carbocycles. The number of anilines is 2. The van der Waals surface area contributed by atoms with Crippen LogP contribution in [0.3, 0.4) is 0 Å². The van der Waals surface area contributed by atoms with Crippen molar-refractivity contribution in [3.8, 4) is 5.69 Å². The van der Waals surface area contributed by atoms with Crippen LogP contribution in [-0.4, -0.2) is 28.5 Å². The second-order valence-electron chi connectivity index (χ2n) is 6.01. The van der Waals surface area contributed by atoms with Crippen molar-refractivity contribution in [1.29, 1.82) is 0 Å². The molecule has 0 spiro atoms. The van der Waals surface area contributed by atoms with Crippen LogP contribution in [0.25, 0.3) is 5.69 Å². The largest absolute Gasteiger partial charge is 0.364 e. The van der Waals surface area contributed by atoms with Gasteiger partial charge in [-0.25, -0.2) is 4.98 Å². The van der Waals surface area contributed by atoms with Gasteiger partial charge < -0.3 is 14.8 Å². The normalized spacial score (nSPS) is 13.2. The third-order valence-corrected chi connectivity index (χ3v) is 4.60. The van der Waals surface area contributed by atoms with Gasteiger partial charge in [-0.15, -0.1) is 0 Å². The molecule has 0 unspecified atom stereocenters. The Labute approximate surface area is 156 Å². The van der Waals surface area contributed by atoms with Gasteiger partial charge in [-0.3, -0.25) is 4.79 Å². The number of nitrogens with one attached hydrogen (secondary N) is 1. The van der Waals surface area contributed by atoms with E-state index in [4.69, 9.17) is 11.6 Å². The van der Waals surface area contributed by atoms with Crippen LogP contribution in [-0.2, 0) is 0 Å². The number of hydrogen-bond acceptors (Lipinski definition) is 3. The third kappa shape index (κ3) is 3.34. The van der Waals surface area contributed by atoms with Gasteiger partial charge in [0.25, 0.3) is 5.91 Å². The number of nitrogens with zero attached hydrogens (tertiary/aromatic N) is 3. The standard InChI is InChI=1S/C20H17ClN4O/c21-18-13-16(5-8-19(18)25-12-9-22-14-25)23-20(26)15-3-6-17(7-4-15)24-10-1-2-11-24/h1-9,12-14H,10-11H2,(H,23,26). The zero-order chi connectivity index (χ0) is 17.9. The molecule has 3 aromatic rings. The summed E-state index contributed by atoms with van der Waals surface area (Å²) in [6.45, 7) is 1.82. The first-order valence-electron chi connectivity index (χ1n) is 8.30. The molecule has 0 bridgehead atoms. The predicted octanol–water partition coefficient (Wildman–Crippen LogP) is 4.15. The maximum Gasteiger partial charge on any atom is 0.255 e. The van der Waals surface area contributed by atoms with Crippen LogP contribution in [0.15, 0.2) is 73.3 Å². The monoisotopic (exact) mass is 364 g/mol. The average Bonchev–Trinajstić information content (AvgIpc) is 3.36. The van der Waals surface area contributed by atoms with Crippen LogP contribution in [0.5, 0.6) is 0 Å². The van der Waals surface area contributed by atoms with Crippen LogP contribution < -0.4 is 10.2 Å². The lowest BCUT2D eigenvalue weighted by Crippen LogP contribution is -2.18. The zero-order valence-electron chi connectivity index (χ0n) is 14.0. The lowest BCUT2D eigenvalue weighted by Gasteiger charge is -2.17. The summed E-state index contributed by atoms with van der Waals surface area (Å²) in [5.41, 5.74) is 3.18. The van der Waals surface area contributed by atoms with Crippen molar-refractivity contribution in [1.82, 2.24) is 9.55 Å². The van der Waals surface area contributed by atoms with Gasteiger partial charge in [-0.2, -0.15) is 0 Å². The molecule has 0 saturated heterocycles. The second kappa shape index (κ2) is 7.06. The molecule has 2 heterocycles. The number of hydrogen-bond donors (Lipinski definition) is 1. The van der Waals surface area contributed by atoms with E-state index in [1.54, 1.807) is 18.6 Å². The number of benzene rings is 2. The summed E-state index contributed by atoms with van der Waals surface area (Å²) < 4.78 is 1.82. The van der Waals surface area contributed by atoms with E-state index in [0.29, 0.717) is 16.3 Å². The SMILES string of the molecule is O=C(Nc1ccc(-n2ccnc2)c(Cl)c1)c1ccc(N2CC=CC2)cc1. The first-order chi connectivity index (χ1) is 12.7. The Hall–Kier alpha value is -3.05. The van der Waals surface area contributed by atoms with Crippen molar-refractivity contribution in [3.05, 3.63) is 83.9 Å². The highest BCUT2D eigenvalue weighted by atomic mass is 35.5. The van der Waals surface area contributed by atoms with Crippen molar-refractivity contribution in [2.45, 2.75) is 0 Å². The van der Waals surface area contributed by atoms with Crippen molar-refractivity contribution in [3.63, 3.8) is 0 Å². The number of halogens is 1. The van der Waals surface area contributed by atoms with E-state index in [1.807, 2.05) is 47.2 Å². The highest BCUT2D eigenvalue weighted by Crippen LogP contribution is 2.25. The van der Waals surface area contributed by atoms with Crippen LogP contribution >= 0.6 is 11.6 Å². The van der Waals surface area contributed by atoms with E-state index in [9.17, 15) is 4.79 Å². The summed E-state index contributed by atoms with van der Waals surface area (Å²) in [5, 5.41) is 3.43. The molecule has 1 amide bonds. The topological polar surface area (TPSA) is 50.2 Å². The second-order valence-corrected chi connectivity index (χ2v) is 6.42. The Balaban J connectivity index is 1.47. The molecule has 1 aromatic heterocycles. The lowest BCUT2D eigenvalue weighted by molar-refractivity contribution is 0.102. The predicted molar refractivity (Wildman–Crippen MR) is 104 cm³/mol. The summed E-state index contributed by atoms with van der Waals surface area (Å²) in [6, 6.07) is 13.0. The number of aromatic nitrogens is 2. The van der Waals surface area contributed by atoms with Crippen molar-refractivity contribution < 1.29 is 4.79 Å². The van der Waals surface area contributed by atoms with Crippen LogP contribution in [0.1, 0.15) is 10.4 Å². The van der Waals surface area contributed by atoms with Crippen molar-refractivity contribution in [2.75, 3.05) is 23.3 Å². The molecule has 2 aromatic carbocycles. The number of rotatable bonds is 4. The van der Waals surface area contributed by atoms with Gasteiger partial charge in [0.1, 0.15) is 0 Å². The van der Waals surface area contributed by atoms with Crippen LogP contribution in [0.4, 0.5) is 11.4 Å². The van der Waals surface area contributed by atoms with Gasteiger partial charge in [-0.05, 0) is 42.5 Å². The highest BCUT2D eigenvalue weighted by molar-refractivity contribution is 6.32. The van der Waals surface area contributed by atoms with Gasteiger partial charge in [0.15, 0.2) is 0 Å². The van der Waals surface area contributed by atoms with Crippen molar-refractivity contribution in [2.24, 2.45) is 0 Å². The molecular formula is C20H17ClN4O. The van der Waals surface area contributed by atoms with E-state index in [0.717, 1.165) is 24.5 Å². The molecule has 5 nitrogen and oxygen atoms in total. The Morgan fingerprint density at radius 3 is 2.50 bits per heavy atom. The number of carbonyl (C=O) groups excluding carboxylic acids is 1. The zero-order valence-corrected chi connectivity index (χ0v) is 14.7. The quantitative estimate of drug-likeness (QED) is 0.707.